The zero-order chi connectivity index (χ0) is 17.0. The number of hydrogen-bond acceptors (Lipinski definition) is 1. The predicted octanol–water partition coefficient (Wildman–Crippen LogP) is 4.98. The number of urea groups is 1. The molecule has 1 saturated heterocycles. The summed E-state index contributed by atoms with van der Waals surface area (Å²) in [6.45, 7) is 8.12. The summed E-state index contributed by atoms with van der Waals surface area (Å²) in [6, 6.07) is 3.86. The minimum Gasteiger partial charge on any atom is -0.356 e. The molecule has 0 bridgehead atoms. The molecule has 2 aromatic rings. The van der Waals surface area contributed by atoms with Crippen molar-refractivity contribution in [1.82, 2.24) is 15.2 Å². The third kappa shape index (κ3) is 3.75. The first-order valence-corrected chi connectivity index (χ1v) is 8.87. The van der Waals surface area contributed by atoms with Crippen LogP contribution in [-0.4, -0.2) is 29.0 Å². The van der Waals surface area contributed by atoms with Crippen LogP contribution in [0.25, 0.3) is 10.9 Å². The highest BCUT2D eigenvalue weighted by molar-refractivity contribution is 6.37. The Labute approximate surface area is 147 Å². The molecule has 1 aliphatic rings. The maximum Gasteiger partial charge on any atom is 0.317 e. The number of halogens is 2. The second kappa shape index (κ2) is 7.93. The Morgan fingerprint density at radius 3 is 2.57 bits per heavy atom. The molecule has 23 heavy (non-hydrogen) atoms. The molecule has 1 aromatic carbocycles. The number of aryl methyl sites for hydroxylation is 1. The van der Waals surface area contributed by atoms with Crippen LogP contribution in [0.5, 0.6) is 0 Å². The topological polar surface area (TPSA) is 48.1 Å². The van der Waals surface area contributed by atoms with Gasteiger partial charge in [-0.05, 0) is 30.5 Å². The van der Waals surface area contributed by atoms with Crippen LogP contribution in [0, 0.1) is 0 Å². The molecular formula is C17H23Cl2N3O. The van der Waals surface area contributed by atoms with E-state index in [9.17, 15) is 4.79 Å². The van der Waals surface area contributed by atoms with Crippen LogP contribution in [-0.2, 0) is 13.0 Å². The van der Waals surface area contributed by atoms with Crippen molar-refractivity contribution in [3.05, 3.63) is 33.4 Å². The van der Waals surface area contributed by atoms with Crippen LogP contribution in [0.3, 0.4) is 0 Å². The molecule has 0 spiro atoms. The zero-order valence-corrected chi connectivity index (χ0v) is 15.3. The quantitative estimate of drug-likeness (QED) is 0.801. The van der Waals surface area contributed by atoms with Crippen molar-refractivity contribution in [2.75, 3.05) is 13.1 Å². The molecule has 1 fully saturated rings. The summed E-state index contributed by atoms with van der Waals surface area (Å²) in [5.74, 6) is 0. The number of rotatable bonds is 3. The number of fused-ring (bicyclic) bond motifs is 1. The molecule has 3 rings (SSSR count). The smallest absolute Gasteiger partial charge is 0.317 e. The summed E-state index contributed by atoms with van der Waals surface area (Å²) in [4.78, 5) is 16.9. The van der Waals surface area contributed by atoms with Crippen LogP contribution in [0.1, 0.15) is 38.4 Å². The lowest BCUT2D eigenvalue weighted by molar-refractivity contribution is 0.167. The highest BCUT2D eigenvalue weighted by atomic mass is 35.5. The predicted molar refractivity (Wildman–Crippen MR) is 97.5 cm³/mol. The summed E-state index contributed by atoms with van der Waals surface area (Å²) in [7, 11) is 0. The SMILES string of the molecule is CC.CCc1cc2[nH]c(CNC(=O)N3CCC3)c(Cl)c2cc1Cl. The van der Waals surface area contributed by atoms with Crippen LogP contribution in [0.4, 0.5) is 4.79 Å². The lowest BCUT2D eigenvalue weighted by Crippen LogP contribution is -2.47. The summed E-state index contributed by atoms with van der Waals surface area (Å²) in [5, 5.41) is 5.13. The van der Waals surface area contributed by atoms with Gasteiger partial charge >= 0.3 is 6.03 Å². The molecule has 126 valence electrons. The lowest BCUT2D eigenvalue weighted by atomic mass is 10.1. The summed E-state index contributed by atoms with van der Waals surface area (Å²) in [6.07, 6.45) is 1.95. The number of H-pyrrole nitrogens is 1. The van der Waals surface area contributed by atoms with Gasteiger partial charge in [0.2, 0.25) is 0 Å². The van der Waals surface area contributed by atoms with E-state index < -0.39 is 0 Å². The Bertz CT molecular complexity index is 693. The molecular weight excluding hydrogens is 333 g/mol. The van der Waals surface area contributed by atoms with E-state index in [4.69, 9.17) is 23.2 Å². The number of aromatic amines is 1. The highest BCUT2D eigenvalue weighted by Crippen LogP contribution is 2.32. The average molecular weight is 356 g/mol. The Balaban J connectivity index is 0.000000924. The zero-order valence-electron chi connectivity index (χ0n) is 13.8. The number of benzene rings is 1. The minimum absolute atomic E-state index is 0.0387. The fourth-order valence-corrected chi connectivity index (χ4v) is 3.04. The number of nitrogens with zero attached hydrogens (tertiary/aromatic N) is 1. The standard InChI is InChI=1S/C15H17Cl2N3O.C2H6/c1-2-9-6-12-10(7-11(9)16)14(17)13(19-12)8-18-15(21)20-4-3-5-20;1-2/h6-7,19H,2-5,8H2,1H3,(H,18,21);1-2H3. The van der Waals surface area contributed by atoms with Crippen LogP contribution in [0.2, 0.25) is 10.0 Å². The molecule has 0 radical (unpaired) electrons. The number of likely N-dealkylation sites (tertiary alicyclic amines) is 1. The van der Waals surface area contributed by atoms with Gasteiger partial charge < -0.3 is 15.2 Å². The van der Waals surface area contributed by atoms with Crippen LogP contribution < -0.4 is 5.32 Å². The van der Waals surface area contributed by atoms with Gasteiger partial charge in [-0.2, -0.15) is 0 Å². The molecule has 0 unspecified atom stereocenters. The number of carbonyl (C=O) groups excluding carboxylic acids is 1. The van der Waals surface area contributed by atoms with Crippen molar-refractivity contribution in [2.45, 2.75) is 40.2 Å². The van der Waals surface area contributed by atoms with Gasteiger partial charge in [-0.1, -0.05) is 44.0 Å². The van der Waals surface area contributed by atoms with E-state index in [1.165, 1.54) is 0 Å². The van der Waals surface area contributed by atoms with Gasteiger partial charge in [0.1, 0.15) is 0 Å². The Kier molecular flexibility index (Phi) is 6.19. The largest absolute Gasteiger partial charge is 0.356 e. The molecule has 0 aliphatic carbocycles. The fourth-order valence-electron chi connectivity index (χ4n) is 2.47. The number of hydrogen-bond donors (Lipinski definition) is 2. The number of nitrogens with one attached hydrogen (secondary N) is 2. The summed E-state index contributed by atoms with van der Waals surface area (Å²) in [5.41, 5.74) is 2.84. The number of aromatic nitrogens is 1. The van der Waals surface area contributed by atoms with Gasteiger partial charge in [-0.3, -0.25) is 0 Å². The second-order valence-electron chi connectivity index (χ2n) is 5.26. The first-order chi connectivity index (χ1) is 11.1. The van der Waals surface area contributed by atoms with Gasteiger partial charge in [-0.25, -0.2) is 4.79 Å². The first-order valence-electron chi connectivity index (χ1n) is 8.11. The summed E-state index contributed by atoms with van der Waals surface area (Å²) < 4.78 is 0. The third-order valence-corrected chi connectivity index (χ3v) is 4.70. The maximum atomic E-state index is 11.8. The lowest BCUT2D eigenvalue weighted by Gasteiger charge is -2.30. The number of amides is 2. The molecule has 2 N–H and O–H groups in total. The van der Waals surface area contributed by atoms with Crippen LogP contribution in [0.15, 0.2) is 12.1 Å². The van der Waals surface area contributed by atoms with Crippen molar-refractivity contribution in [3.8, 4) is 0 Å². The van der Waals surface area contributed by atoms with Crippen molar-refractivity contribution in [1.29, 1.82) is 0 Å². The maximum absolute atomic E-state index is 11.8. The van der Waals surface area contributed by atoms with Crippen LogP contribution >= 0.6 is 23.2 Å². The summed E-state index contributed by atoms with van der Waals surface area (Å²) >= 11 is 12.6. The molecule has 0 atom stereocenters. The molecule has 0 saturated carbocycles. The van der Waals surface area contributed by atoms with Gasteiger partial charge in [0.15, 0.2) is 0 Å². The second-order valence-corrected chi connectivity index (χ2v) is 6.04. The number of carbonyl (C=O) groups is 1. The van der Waals surface area contributed by atoms with Crippen molar-refractivity contribution < 1.29 is 4.79 Å². The van der Waals surface area contributed by atoms with E-state index in [1.54, 1.807) is 4.90 Å². The highest BCUT2D eigenvalue weighted by Gasteiger charge is 2.20. The van der Waals surface area contributed by atoms with E-state index in [1.807, 2.05) is 26.0 Å². The van der Waals surface area contributed by atoms with Gasteiger partial charge in [0, 0.05) is 29.0 Å². The fraction of sp³-hybridized carbons (Fsp3) is 0.471. The monoisotopic (exact) mass is 355 g/mol. The van der Waals surface area contributed by atoms with E-state index in [0.29, 0.717) is 11.6 Å². The van der Waals surface area contributed by atoms with E-state index in [2.05, 4.69) is 17.2 Å². The van der Waals surface area contributed by atoms with E-state index >= 15 is 0 Å². The average Bonchev–Trinajstić information content (AvgIpc) is 2.80. The molecule has 1 aromatic heterocycles. The normalized spacial score (nSPS) is 13.3. The van der Waals surface area contributed by atoms with Gasteiger partial charge in [0.05, 0.1) is 17.3 Å². The third-order valence-electron chi connectivity index (χ3n) is 3.91. The molecule has 1 aliphatic heterocycles. The van der Waals surface area contributed by atoms with Gasteiger partial charge in [0.25, 0.3) is 0 Å². The Hall–Kier alpha value is -1.39. The van der Waals surface area contributed by atoms with Crippen molar-refractivity contribution in [2.24, 2.45) is 0 Å². The minimum atomic E-state index is -0.0387. The molecule has 6 heteroatoms. The molecule has 2 heterocycles. The Morgan fingerprint density at radius 1 is 1.30 bits per heavy atom. The molecule has 4 nitrogen and oxygen atoms in total. The van der Waals surface area contributed by atoms with Gasteiger partial charge in [-0.15, -0.1) is 0 Å². The van der Waals surface area contributed by atoms with E-state index in [-0.39, 0.29) is 6.03 Å². The van der Waals surface area contributed by atoms with Crippen molar-refractivity contribution >= 4 is 40.1 Å². The first kappa shape index (κ1) is 18.0. The van der Waals surface area contributed by atoms with E-state index in [0.717, 1.165) is 53.1 Å². The Morgan fingerprint density at radius 2 is 2.00 bits per heavy atom. The molecule has 2 amide bonds. The van der Waals surface area contributed by atoms with Crippen molar-refractivity contribution in [3.63, 3.8) is 0 Å².